The van der Waals surface area contributed by atoms with Gasteiger partial charge < -0.3 is 19.9 Å². The van der Waals surface area contributed by atoms with Crippen LogP contribution in [0.4, 0.5) is 13.2 Å². The predicted molar refractivity (Wildman–Crippen MR) is 145 cm³/mol. The minimum atomic E-state index is -3.26. The highest BCUT2D eigenvalue weighted by molar-refractivity contribution is 6.03. The number of aryl methyl sites for hydroxylation is 1. The maximum Gasteiger partial charge on any atom is 0.387 e. The van der Waals surface area contributed by atoms with E-state index in [0.29, 0.717) is 47.1 Å². The van der Waals surface area contributed by atoms with E-state index in [9.17, 15) is 28.3 Å². The molecule has 0 spiro atoms. The number of carbonyl (C=O) groups is 1. The number of hydrogen-bond donors (Lipinski definition) is 2. The van der Waals surface area contributed by atoms with Gasteiger partial charge in [0, 0.05) is 29.8 Å². The topological polar surface area (TPSA) is 127 Å². The highest BCUT2D eigenvalue weighted by Gasteiger charge is 2.43. The smallest absolute Gasteiger partial charge is 0.387 e. The van der Waals surface area contributed by atoms with Crippen molar-refractivity contribution in [2.45, 2.75) is 50.1 Å². The molecule has 0 saturated heterocycles. The lowest BCUT2D eigenvalue weighted by Gasteiger charge is -2.17. The van der Waals surface area contributed by atoms with Gasteiger partial charge in [-0.15, -0.1) is 0 Å². The molecule has 218 valence electrons. The SMILES string of the molecule is COc1cc(-c2c3c(C#N)cc(-c4cnn(CC5(O)CC5)c4)cc3nn2C)cc(OC(F)F)c1C(=O)NCC1(F)CC1. The fourth-order valence-corrected chi connectivity index (χ4v) is 5.06. The number of hydrogen-bond acceptors (Lipinski definition) is 7. The number of nitriles is 1. The number of methoxy groups -OCH3 is 1. The molecule has 2 saturated carbocycles. The first kappa shape index (κ1) is 27.6. The Morgan fingerprint density at radius 1 is 1.17 bits per heavy atom. The molecule has 1 amide bonds. The molecule has 0 unspecified atom stereocenters. The van der Waals surface area contributed by atoms with Crippen molar-refractivity contribution >= 4 is 16.8 Å². The second-order valence-electron chi connectivity index (χ2n) is 10.9. The number of nitrogens with zero attached hydrogens (tertiary/aromatic N) is 5. The lowest BCUT2D eigenvalue weighted by atomic mass is 9.97. The third-order valence-electron chi connectivity index (χ3n) is 7.67. The third kappa shape index (κ3) is 5.25. The zero-order valence-corrected chi connectivity index (χ0v) is 22.8. The highest BCUT2D eigenvalue weighted by Crippen LogP contribution is 2.42. The van der Waals surface area contributed by atoms with Crippen LogP contribution in [0.5, 0.6) is 11.5 Å². The van der Waals surface area contributed by atoms with E-state index in [4.69, 9.17) is 9.47 Å². The normalized spacial score (nSPS) is 16.3. The van der Waals surface area contributed by atoms with Crippen molar-refractivity contribution in [3.8, 4) is 40.0 Å². The van der Waals surface area contributed by atoms with Crippen molar-refractivity contribution in [3.63, 3.8) is 0 Å². The Morgan fingerprint density at radius 3 is 2.55 bits per heavy atom. The Hall–Kier alpha value is -4.57. The minimum Gasteiger partial charge on any atom is -0.496 e. The maximum atomic E-state index is 14.1. The largest absolute Gasteiger partial charge is 0.496 e. The number of nitrogens with one attached hydrogen (secondary N) is 1. The van der Waals surface area contributed by atoms with E-state index in [1.54, 1.807) is 36.3 Å². The monoisotopic (exact) mass is 580 g/mol. The van der Waals surface area contributed by atoms with E-state index in [1.165, 1.54) is 23.9 Å². The molecule has 2 aliphatic rings. The number of alkyl halides is 3. The highest BCUT2D eigenvalue weighted by atomic mass is 19.3. The summed E-state index contributed by atoms with van der Waals surface area (Å²) in [6.07, 6.45) is 5.51. The van der Waals surface area contributed by atoms with Gasteiger partial charge in [-0.25, -0.2) is 4.39 Å². The Bertz CT molecular complexity index is 1750. The van der Waals surface area contributed by atoms with Crippen molar-refractivity contribution in [2.24, 2.45) is 7.05 Å². The Labute approximate surface area is 238 Å². The maximum absolute atomic E-state index is 14.1. The van der Waals surface area contributed by atoms with Crippen LogP contribution in [-0.4, -0.2) is 62.1 Å². The van der Waals surface area contributed by atoms with Crippen LogP contribution in [-0.2, 0) is 13.6 Å². The van der Waals surface area contributed by atoms with Gasteiger partial charge in [-0.3, -0.25) is 14.2 Å². The number of ether oxygens (including phenoxy) is 2. The first-order valence-electron chi connectivity index (χ1n) is 13.3. The van der Waals surface area contributed by atoms with Gasteiger partial charge in [0.15, 0.2) is 0 Å². The van der Waals surface area contributed by atoms with Gasteiger partial charge in [-0.2, -0.15) is 24.2 Å². The van der Waals surface area contributed by atoms with Crippen LogP contribution < -0.4 is 14.8 Å². The first-order valence-corrected chi connectivity index (χ1v) is 13.3. The van der Waals surface area contributed by atoms with Crippen molar-refractivity contribution in [2.75, 3.05) is 13.7 Å². The van der Waals surface area contributed by atoms with Crippen molar-refractivity contribution in [3.05, 3.63) is 47.8 Å². The summed E-state index contributed by atoms with van der Waals surface area (Å²) in [5.41, 5.74) is 0.349. The molecular formula is C29H27F3N6O4. The van der Waals surface area contributed by atoms with Gasteiger partial charge in [0.1, 0.15) is 22.7 Å². The average molecular weight is 581 g/mol. The molecule has 10 nitrogen and oxygen atoms in total. The van der Waals surface area contributed by atoms with Crippen LogP contribution in [0, 0.1) is 11.3 Å². The first-order chi connectivity index (χ1) is 20.0. The summed E-state index contributed by atoms with van der Waals surface area (Å²) >= 11 is 0. The molecule has 0 atom stereocenters. The van der Waals surface area contributed by atoms with Crippen LogP contribution in [0.1, 0.15) is 41.6 Å². The number of rotatable bonds is 10. The predicted octanol–water partition coefficient (Wildman–Crippen LogP) is 4.34. The second-order valence-corrected chi connectivity index (χ2v) is 10.9. The molecule has 42 heavy (non-hydrogen) atoms. The molecule has 0 aliphatic heterocycles. The van der Waals surface area contributed by atoms with Gasteiger partial charge in [0.05, 0.1) is 54.8 Å². The van der Waals surface area contributed by atoms with E-state index in [2.05, 4.69) is 21.6 Å². The molecule has 4 aromatic rings. The Kier molecular flexibility index (Phi) is 6.61. The number of halogens is 3. The number of carbonyl (C=O) groups excluding carboxylic acids is 1. The fourth-order valence-electron chi connectivity index (χ4n) is 5.06. The zero-order valence-electron chi connectivity index (χ0n) is 22.8. The molecule has 2 aromatic heterocycles. The Balaban J connectivity index is 1.42. The van der Waals surface area contributed by atoms with Gasteiger partial charge >= 0.3 is 6.61 Å². The van der Waals surface area contributed by atoms with Gasteiger partial charge in [-0.05, 0) is 55.5 Å². The van der Waals surface area contributed by atoms with E-state index in [1.807, 2.05) is 0 Å². The molecule has 2 fully saturated rings. The average Bonchev–Trinajstić information content (AvgIpc) is 3.76. The molecule has 2 aliphatic carbocycles. The lowest BCUT2D eigenvalue weighted by molar-refractivity contribution is -0.0502. The van der Waals surface area contributed by atoms with Crippen LogP contribution in [0.15, 0.2) is 36.7 Å². The van der Waals surface area contributed by atoms with E-state index in [-0.39, 0.29) is 23.4 Å². The number of amides is 1. The number of benzene rings is 2. The summed E-state index contributed by atoms with van der Waals surface area (Å²) < 4.78 is 54.4. The Morgan fingerprint density at radius 2 is 1.90 bits per heavy atom. The summed E-state index contributed by atoms with van der Waals surface area (Å²) in [4.78, 5) is 13.0. The summed E-state index contributed by atoms with van der Waals surface area (Å²) in [5.74, 6) is -1.35. The molecule has 13 heteroatoms. The molecule has 0 bridgehead atoms. The summed E-state index contributed by atoms with van der Waals surface area (Å²) in [5, 5.41) is 32.1. The van der Waals surface area contributed by atoms with Gasteiger partial charge in [0.2, 0.25) is 0 Å². The van der Waals surface area contributed by atoms with E-state index < -0.39 is 29.5 Å². The standard InChI is InChI=1S/C29H27F3N6O4/c1-37-25(17-9-21(41-2)24(22(10-17)42-27(30)31)26(39)34-14-28(32)3-4-28)23-18(11-33)7-16(8-20(23)36-37)19-12-35-38(13-19)15-29(40)5-6-29/h7-10,12-13,27,40H,3-6,14-15H2,1-2H3,(H,34,39). The van der Waals surface area contributed by atoms with Crippen LogP contribution in [0.25, 0.3) is 33.3 Å². The fraction of sp³-hybridized carbons (Fsp3) is 0.379. The molecule has 6 rings (SSSR count). The number of aliphatic hydroxyl groups is 1. The molecule has 2 N–H and O–H groups in total. The molecule has 2 aromatic carbocycles. The third-order valence-corrected chi connectivity index (χ3v) is 7.67. The zero-order chi connectivity index (χ0) is 29.8. The van der Waals surface area contributed by atoms with Crippen molar-refractivity contribution < 1.29 is 32.5 Å². The summed E-state index contributed by atoms with van der Waals surface area (Å²) in [6.45, 7) is -3.14. The lowest BCUT2D eigenvalue weighted by Crippen LogP contribution is -2.31. The van der Waals surface area contributed by atoms with Gasteiger partial charge in [0.25, 0.3) is 5.91 Å². The quantitative estimate of drug-likeness (QED) is 0.286. The van der Waals surface area contributed by atoms with E-state index >= 15 is 0 Å². The van der Waals surface area contributed by atoms with Crippen molar-refractivity contribution in [1.29, 1.82) is 5.26 Å². The minimum absolute atomic E-state index is 0.0708. The number of aromatic nitrogens is 4. The molecular weight excluding hydrogens is 553 g/mol. The molecule has 2 heterocycles. The van der Waals surface area contributed by atoms with Gasteiger partial charge in [-0.1, -0.05) is 0 Å². The second kappa shape index (κ2) is 10.1. The van der Waals surface area contributed by atoms with E-state index in [0.717, 1.165) is 18.4 Å². The van der Waals surface area contributed by atoms with Crippen LogP contribution in [0.2, 0.25) is 0 Å². The van der Waals surface area contributed by atoms with Crippen molar-refractivity contribution in [1.82, 2.24) is 24.9 Å². The number of fused-ring (bicyclic) bond motifs is 1. The van der Waals surface area contributed by atoms with Crippen LogP contribution >= 0.6 is 0 Å². The summed E-state index contributed by atoms with van der Waals surface area (Å²) in [6, 6.07) is 8.38. The molecule has 0 radical (unpaired) electrons. The van der Waals surface area contributed by atoms with Crippen LogP contribution in [0.3, 0.4) is 0 Å². The summed E-state index contributed by atoms with van der Waals surface area (Å²) in [7, 11) is 2.91.